The lowest BCUT2D eigenvalue weighted by atomic mass is 10.1. The van der Waals surface area contributed by atoms with Crippen molar-refractivity contribution in [2.75, 3.05) is 13.2 Å². The van der Waals surface area contributed by atoms with Gasteiger partial charge >= 0.3 is 17.9 Å². The van der Waals surface area contributed by atoms with E-state index in [-0.39, 0.29) is 31.1 Å². The van der Waals surface area contributed by atoms with Crippen LogP contribution in [0, 0.1) is 0 Å². The van der Waals surface area contributed by atoms with Crippen molar-refractivity contribution in [3.63, 3.8) is 0 Å². The molecule has 6 heteroatoms. The van der Waals surface area contributed by atoms with Gasteiger partial charge in [0.05, 0.1) is 0 Å². The molecule has 0 aliphatic rings. The second kappa shape index (κ2) is 55.4. The van der Waals surface area contributed by atoms with Gasteiger partial charge in [-0.1, -0.05) is 229 Å². The number of rotatable bonds is 51. The van der Waals surface area contributed by atoms with Gasteiger partial charge in [0.15, 0.2) is 6.10 Å². The SMILES string of the molecule is CC/C=C\C/C=C\C/C=C\CCCCC(=O)OCC(COC(=O)CCCCCCCCC/C=C\CCCCCCCCCC)OC(=O)CCCCCCC/C=C\C=C/CCCCCCCCC. The molecule has 67 heavy (non-hydrogen) atoms. The van der Waals surface area contributed by atoms with Gasteiger partial charge < -0.3 is 14.2 Å². The summed E-state index contributed by atoms with van der Waals surface area (Å²) in [5.41, 5.74) is 0. The van der Waals surface area contributed by atoms with Crippen molar-refractivity contribution in [1.82, 2.24) is 0 Å². The number of carbonyl (C=O) groups is 3. The van der Waals surface area contributed by atoms with E-state index in [1.807, 2.05) is 0 Å². The van der Waals surface area contributed by atoms with E-state index in [1.165, 1.54) is 141 Å². The molecule has 0 aromatic heterocycles. The fourth-order valence-corrected chi connectivity index (χ4v) is 7.91. The molecule has 0 aliphatic heterocycles. The molecule has 0 heterocycles. The Labute approximate surface area is 414 Å². The lowest BCUT2D eigenvalue weighted by molar-refractivity contribution is -0.167. The predicted octanol–water partition coefficient (Wildman–Crippen LogP) is 19.0. The van der Waals surface area contributed by atoms with Gasteiger partial charge in [0.25, 0.3) is 0 Å². The molecule has 0 spiro atoms. The molecule has 0 aromatic carbocycles. The molecular weight excluding hydrogens is 829 g/mol. The van der Waals surface area contributed by atoms with Crippen LogP contribution in [0.5, 0.6) is 0 Å². The first-order chi connectivity index (χ1) is 33.0. The first-order valence-electron chi connectivity index (χ1n) is 28.5. The third-order valence-electron chi connectivity index (χ3n) is 12.2. The summed E-state index contributed by atoms with van der Waals surface area (Å²) >= 11 is 0. The lowest BCUT2D eigenvalue weighted by Gasteiger charge is -2.18. The Bertz CT molecular complexity index is 1260. The maximum atomic E-state index is 12.8. The van der Waals surface area contributed by atoms with E-state index in [4.69, 9.17) is 14.2 Å². The molecule has 6 nitrogen and oxygen atoms in total. The van der Waals surface area contributed by atoms with Crippen LogP contribution in [0.3, 0.4) is 0 Å². The molecule has 0 rings (SSSR count). The monoisotopic (exact) mass is 935 g/mol. The first-order valence-corrected chi connectivity index (χ1v) is 28.5. The maximum absolute atomic E-state index is 12.8. The van der Waals surface area contributed by atoms with Crippen LogP contribution in [-0.2, 0) is 28.6 Å². The van der Waals surface area contributed by atoms with Crippen LogP contribution in [-0.4, -0.2) is 37.2 Å². The summed E-state index contributed by atoms with van der Waals surface area (Å²) in [6, 6.07) is 0. The van der Waals surface area contributed by atoms with Crippen LogP contribution in [0.1, 0.15) is 278 Å². The zero-order chi connectivity index (χ0) is 48.6. The highest BCUT2D eigenvalue weighted by molar-refractivity contribution is 5.71. The average Bonchev–Trinajstić information content (AvgIpc) is 3.33. The fourth-order valence-electron chi connectivity index (χ4n) is 7.91. The first kappa shape index (κ1) is 63.8. The van der Waals surface area contributed by atoms with E-state index < -0.39 is 6.10 Å². The number of carbonyl (C=O) groups excluding carboxylic acids is 3. The fraction of sp³-hybridized carbons (Fsp3) is 0.754. The van der Waals surface area contributed by atoms with Gasteiger partial charge in [-0.2, -0.15) is 0 Å². The Morgan fingerprint density at radius 3 is 1.04 bits per heavy atom. The minimum Gasteiger partial charge on any atom is -0.462 e. The van der Waals surface area contributed by atoms with Crippen LogP contribution in [0.15, 0.2) is 72.9 Å². The minimum absolute atomic E-state index is 0.0958. The van der Waals surface area contributed by atoms with Crippen molar-refractivity contribution < 1.29 is 28.6 Å². The summed E-state index contributed by atoms with van der Waals surface area (Å²) < 4.78 is 16.8. The van der Waals surface area contributed by atoms with Gasteiger partial charge in [-0.25, -0.2) is 0 Å². The summed E-state index contributed by atoms with van der Waals surface area (Å²) in [5, 5.41) is 0. The average molecular weight is 936 g/mol. The van der Waals surface area contributed by atoms with E-state index >= 15 is 0 Å². The van der Waals surface area contributed by atoms with E-state index in [0.717, 1.165) is 96.3 Å². The summed E-state index contributed by atoms with van der Waals surface area (Å²) in [6.07, 6.45) is 70.4. The smallest absolute Gasteiger partial charge is 0.306 e. The highest BCUT2D eigenvalue weighted by Crippen LogP contribution is 2.15. The Morgan fingerprint density at radius 2 is 0.627 bits per heavy atom. The molecular formula is C61H106O6. The lowest BCUT2D eigenvalue weighted by Crippen LogP contribution is -2.30. The van der Waals surface area contributed by atoms with Gasteiger partial charge in [0, 0.05) is 19.3 Å². The molecule has 0 radical (unpaired) electrons. The molecule has 0 N–H and O–H groups in total. The molecule has 0 aliphatic carbocycles. The number of allylic oxidation sites excluding steroid dienone is 12. The predicted molar refractivity (Wildman–Crippen MR) is 288 cm³/mol. The summed E-state index contributed by atoms with van der Waals surface area (Å²) in [5.74, 6) is -0.950. The number of hydrogen-bond donors (Lipinski definition) is 0. The Morgan fingerprint density at radius 1 is 0.328 bits per heavy atom. The molecule has 0 aromatic rings. The van der Waals surface area contributed by atoms with Crippen LogP contribution in [0.2, 0.25) is 0 Å². The van der Waals surface area contributed by atoms with Crippen molar-refractivity contribution in [3.8, 4) is 0 Å². The van der Waals surface area contributed by atoms with Crippen LogP contribution >= 0.6 is 0 Å². The number of esters is 3. The standard InChI is InChI=1S/C61H106O6/c1-4-7-10-13-16-19-22-25-27-29-31-33-34-36-39-42-45-48-51-54-60(63)66-57-58(56-65-59(62)53-50-47-44-41-38-24-21-18-15-12-9-6-3)67-61(64)55-52-49-46-43-40-37-35-32-30-28-26-23-20-17-14-11-8-5-2/h9,12,18,21,28-32,35,38,41,58H,4-8,10-11,13-17,19-20,22-27,33-34,36-37,39-40,42-57H2,1-3H3/b12-9-,21-18-,30-28-,31-29-,35-32-,41-38-. The normalized spacial score (nSPS) is 12.6. The summed E-state index contributed by atoms with van der Waals surface area (Å²) in [4.78, 5) is 38.1. The highest BCUT2D eigenvalue weighted by atomic mass is 16.6. The largest absolute Gasteiger partial charge is 0.462 e. The van der Waals surface area contributed by atoms with E-state index in [2.05, 4.69) is 93.7 Å². The van der Waals surface area contributed by atoms with Crippen molar-refractivity contribution in [1.29, 1.82) is 0 Å². The second-order valence-corrected chi connectivity index (χ2v) is 18.8. The summed E-state index contributed by atoms with van der Waals surface area (Å²) in [7, 11) is 0. The van der Waals surface area contributed by atoms with Crippen LogP contribution < -0.4 is 0 Å². The quantitative estimate of drug-likeness (QED) is 0.0199. The van der Waals surface area contributed by atoms with Crippen LogP contribution in [0.25, 0.3) is 0 Å². The van der Waals surface area contributed by atoms with E-state index in [0.29, 0.717) is 19.3 Å². The van der Waals surface area contributed by atoms with Crippen molar-refractivity contribution in [2.24, 2.45) is 0 Å². The number of hydrogen-bond acceptors (Lipinski definition) is 6. The molecule has 386 valence electrons. The third kappa shape index (κ3) is 53.7. The third-order valence-corrected chi connectivity index (χ3v) is 12.2. The Kier molecular flexibility index (Phi) is 52.8. The molecule has 0 amide bonds. The molecule has 0 saturated carbocycles. The highest BCUT2D eigenvalue weighted by Gasteiger charge is 2.19. The number of unbranched alkanes of at least 4 members (excludes halogenated alkanes) is 29. The Hall–Kier alpha value is -3.15. The van der Waals surface area contributed by atoms with Gasteiger partial charge in [0.2, 0.25) is 0 Å². The van der Waals surface area contributed by atoms with Gasteiger partial charge in [0.1, 0.15) is 13.2 Å². The van der Waals surface area contributed by atoms with Crippen molar-refractivity contribution in [3.05, 3.63) is 72.9 Å². The van der Waals surface area contributed by atoms with Gasteiger partial charge in [-0.05, 0) is 103 Å². The molecule has 0 saturated heterocycles. The van der Waals surface area contributed by atoms with Crippen molar-refractivity contribution >= 4 is 17.9 Å². The topological polar surface area (TPSA) is 78.9 Å². The summed E-state index contributed by atoms with van der Waals surface area (Å²) in [6.45, 7) is 6.48. The van der Waals surface area contributed by atoms with Crippen molar-refractivity contribution in [2.45, 2.75) is 284 Å². The van der Waals surface area contributed by atoms with E-state index in [1.54, 1.807) is 0 Å². The van der Waals surface area contributed by atoms with E-state index in [9.17, 15) is 14.4 Å². The molecule has 1 unspecified atom stereocenters. The minimum atomic E-state index is -0.801. The number of ether oxygens (including phenoxy) is 3. The molecule has 0 fully saturated rings. The van der Waals surface area contributed by atoms with Gasteiger partial charge in [-0.3, -0.25) is 14.4 Å². The second-order valence-electron chi connectivity index (χ2n) is 18.8. The maximum Gasteiger partial charge on any atom is 0.306 e. The van der Waals surface area contributed by atoms with Gasteiger partial charge in [-0.15, -0.1) is 0 Å². The Balaban J connectivity index is 4.41. The molecule has 1 atom stereocenters. The zero-order valence-electron chi connectivity index (χ0n) is 44.2. The zero-order valence-corrected chi connectivity index (χ0v) is 44.2. The van der Waals surface area contributed by atoms with Crippen LogP contribution in [0.4, 0.5) is 0 Å². The molecule has 0 bridgehead atoms.